The Balaban J connectivity index is 1.51. The van der Waals surface area contributed by atoms with Crippen molar-refractivity contribution in [3.05, 3.63) is 59.7 Å². The number of ether oxygens (including phenoxy) is 2. The Kier molecular flexibility index (Phi) is 5.10. The fourth-order valence-electron chi connectivity index (χ4n) is 3.79. The van der Waals surface area contributed by atoms with Gasteiger partial charge in [0.25, 0.3) is 5.91 Å². The van der Waals surface area contributed by atoms with Crippen LogP contribution >= 0.6 is 0 Å². The number of hydrogen-bond acceptors (Lipinski definition) is 4. The lowest BCUT2D eigenvalue weighted by molar-refractivity contribution is -0.152. The number of nitrogens with zero attached hydrogens (tertiary/aromatic N) is 1. The lowest BCUT2D eigenvalue weighted by Crippen LogP contribution is -2.36. The van der Waals surface area contributed by atoms with Crippen molar-refractivity contribution in [3.63, 3.8) is 0 Å². The Hall–Kier alpha value is -2.82. The molecule has 2 aromatic carbocycles. The van der Waals surface area contributed by atoms with Crippen LogP contribution < -0.4 is 4.74 Å². The van der Waals surface area contributed by atoms with E-state index in [1.54, 1.807) is 0 Å². The molecule has 27 heavy (non-hydrogen) atoms. The molecule has 0 spiro atoms. The molecule has 1 amide bonds. The van der Waals surface area contributed by atoms with E-state index < -0.39 is 11.9 Å². The summed E-state index contributed by atoms with van der Waals surface area (Å²) in [5.74, 6) is 0.192. The number of fused-ring (bicyclic) bond motifs is 2. The van der Waals surface area contributed by atoms with E-state index in [9.17, 15) is 9.59 Å². The molecule has 0 aromatic heterocycles. The largest absolute Gasteiger partial charge is 0.457 e. The first kappa shape index (κ1) is 17.6. The fraction of sp³-hybridized carbons (Fsp3) is 0.364. The van der Waals surface area contributed by atoms with Gasteiger partial charge in [-0.2, -0.15) is 0 Å². The van der Waals surface area contributed by atoms with Crippen LogP contribution in [-0.2, 0) is 14.3 Å². The van der Waals surface area contributed by atoms with Crippen molar-refractivity contribution in [1.82, 2.24) is 4.90 Å². The van der Waals surface area contributed by atoms with Crippen LogP contribution in [0.2, 0.25) is 0 Å². The molecule has 5 heteroatoms. The zero-order chi connectivity index (χ0) is 18.6. The Morgan fingerprint density at radius 2 is 1.44 bits per heavy atom. The van der Waals surface area contributed by atoms with Crippen LogP contribution in [-0.4, -0.2) is 36.5 Å². The fourth-order valence-corrected chi connectivity index (χ4v) is 3.79. The molecule has 2 heterocycles. The van der Waals surface area contributed by atoms with Gasteiger partial charge in [0.1, 0.15) is 17.4 Å². The third kappa shape index (κ3) is 3.68. The first-order valence-corrected chi connectivity index (χ1v) is 9.54. The highest BCUT2D eigenvalue weighted by atomic mass is 16.5. The van der Waals surface area contributed by atoms with E-state index in [4.69, 9.17) is 9.47 Å². The van der Waals surface area contributed by atoms with Crippen LogP contribution in [0, 0.1) is 0 Å². The molecule has 2 aromatic rings. The molecule has 0 aliphatic carbocycles. The van der Waals surface area contributed by atoms with Gasteiger partial charge in [0.05, 0.1) is 0 Å². The van der Waals surface area contributed by atoms with Crippen LogP contribution in [0.3, 0.4) is 0 Å². The molecule has 0 unspecified atom stereocenters. The lowest BCUT2D eigenvalue weighted by atomic mass is 9.88. The van der Waals surface area contributed by atoms with Gasteiger partial charge >= 0.3 is 5.97 Å². The molecule has 2 aliphatic heterocycles. The smallest absolute Gasteiger partial charge is 0.318 e. The molecule has 0 bridgehead atoms. The van der Waals surface area contributed by atoms with Crippen molar-refractivity contribution in [2.45, 2.75) is 31.6 Å². The topological polar surface area (TPSA) is 55.8 Å². The van der Waals surface area contributed by atoms with Crippen LogP contribution in [0.4, 0.5) is 0 Å². The average molecular weight is 365 g/mol. The van der Waals surface area contributed by atoms with Crippen LogP contribution in [0.15, 0.2) is 48.5 Å². The number of carbonyl (C=O) groups excluding carboxylic acids is 2. The summed E-state index contributed by atoms with van der Waals surface area (Å²) in [5.41, 5.74) is 1.53. The van der Waals surface area contributed by atoms with E-state index in [1.807, 2.05) is 53.4 Å². The number of carbonyl (C=O) groups is 2. The Morgan fingerprint density at radius 1 is 0.889 bits per heavy atom. The lowest BCUT2D eigenvalue weighted by Gasteiger charge is -2.27. The second-order valence-electron chi connectivity index (χ2n) is 7.01. The summed E-state index contributed by atoms with van der Waals surface area (Å²) in [5, 5.41) is 0. The number of rotatable bonds is 3. The second kappa shape index (κ2) is 7.82. The van der Waals surface area contributed by atoms with Crippen molar-refractivity contribution in [3.8, 4) is 11.5 Å². The van der Waals surface area contributed by atoms with Crippen LogP contribution in [0.1, 0.15) is 42.7 Å². The molecule has 140 valence electrons. The highest BCUT2D eigenvalue weighted by molar-refractivity contribution is 5.87. The summed E-state index contributed by atoms with van der Waals surface area (Å²) in [6.07, 6.45) is 4.33. The van der Waals surface area contributed by atoms with Gasteiger partial charge in [-0.25, -0.2) is 0 Å². The van der Waals surface area contributed by atoms with E-state index in [1.165, 1.54) is 0 Å². The number of likely N-dealkylation sites (tertiary alicyclic amines) is 1. The van der Waals surface area contributed by atoms with Gasteiger partial charge in [0.2, 0.25) is 0 Å². The molecule has 1 fully saturated rings. The van der Waals surface area contributed by atoms with Gasteiger partial charge in [-0.15, -0.1) is 0 Å². The summed E-state index contributed by atoms with van der Waals surface area (Å²) < 4.78 is 11.4. The molecular formula is C22H23NO4. The van der Waals surface area contributed by atoms with Gasteiger partial charge in [-0.1, -0.05) is 49.2 Å². The Labute approximate surface area is 158 Å². The average Bonchev–Trinajstić information content (AvgIpc) is 2.99. The molecule has 4 rings (SSSR count). The molecule has 0 radical (unpaired) electrons. The molecule has 0 saturated carbocycles. The van der Waals surface area contributed by atoms with E-state index in [-0.39, 0.29) is 12.5 Å². The number of esters is 1. The molecule has 5 nitrogen and oxygen atoms in total. The molecule has 2 aliphatic rings. The second-order valence-corrected chi connectivity index (χ2v) is 7.01. The maximum atomic E-state index is 12.9. The van der Waals surface area contributed by atoms with E-state index in [0.717, 1.165) is 49.9 Å². The van der Waals surface area contributed by atoms with E-state index in [0.29, 0.717) is 11.5 Å². The SMILES string of the molecule is O=C(OCC(=O)N1CCCCCC1)C1c2ccccc2Oc2ccccc21. The normalized spacial score (nSPS) is 16.5. The predicted octanol–water partition coefficient (Wildman–Crippen LogP) is 3.87. The van der Waals surface area contributed by atoms with Crippen LogP contribution in [0.5, 0.6) is 11.5 Å². The van der Waals surface area contributed by atoms with Gasteiger partial charge < -0.3 is 14.4 Å². The van der Waals surface area contributed by atoms with Crippen molar-refractivity contribution in [1.29, 1.82) is 0 Å². The highest BCUT2D eigenvalue weighted by Gasteiger charge is 2.34. The van der Waals surface area contributed by atoms with Gasteiger partial charge in [-0.05, 0) is 25.0 Å². The van der Waals surface area contributed by atoms with Crippen LogP contribution in [0.25, 0.3) is 0 Å². The summed E-state index contributed by atoms with van der Waals surface area (Å²) in [4.78, 5) is 27.2. The predicted molar refractivity (Wildman–Crippen MR) is 101 cm³/mol. The summed E-state index contributed by atoms with van der Waals surface area (Å²) >= 11 is 0. The van der Waals surface area contributed by atoms with Gasteiger partial charge in [-0.3, -0.25) is 9.59 Å². The standard InChI is InChI=1S/C22H23NO4/c24-20(23-13-7-1-2-8-14-23)15-26-22(25)21-16-9-3-5-11-18(16)27-19-12-6-4-10-17(19)21/h3-6,9-12,21H,1-2,7-8,13-15H2. The summed E-state index contributed by atoms with van der Waals surface area (Å²) in [6, 6.07) is 14.9. The van der Waals surface area contributed by atoms with Gasteiger partial charge in [0, 0.05) is 24.2 Å². The zero-order valence-corrected chi connectivity index (χ0v) is 15.2. The molecule has 1 saturated heterocycles. The van der Waals surface area contributed by atoms with Crippen molar-refractivity contribution < 1.29 is 19.1 Å². The van der Waals surface area contributed by atoms with Crippen molar-refractivity contribution in [2.75, 3.05) is 19.7 Å². The third-order valence-corrected chi connectivity index (χ3v) is 5.21. The maximum Gasteiger partial charge on any atom is 0.318 e. The number of hydrogen-bond donors (Lipinski definition) is 0. The van der Waals surface area contributed by atoms with E-state index >= 15 is 0 Å². The first-order chi connectivity index (χ1) is 13.2. The molecule has 0 N–H and O–H groups in total. The highest BCUT2D eigenvalue weighted by Crippen LogP contribution is 2.44. The Bertz CT molecular complexity index is 794. The number of para-hydroxylation sites is 2. The van der Waals surface area contributed by atoms with E-state index in [2.05, 4.69) is 0 Å². The summed E-state index contributed by atoms with van der Waals surface area (Å²) in [6.45, 7) is 1.29. The summed E-state index contributed by atoms with van der Waals surface area (Å²) in [7, 11) is 0. The molecule has 0 atom stereocenters. The number of benzene rings is 2. The monoisotopic (exact) mass is 365 g/mol. The molecular weight excluding hydrogens is 342 g/mol. The zero-order valence-electron chi connectivity index (χ0n) is 15.2. The van der Waals surface area contributed by atoms with Crippen molar-refractivity contribution in [2.24, 2.45) is 0 Å². The Morgan fingerprint density at radius 3 is 2.04 bits per heavy atom. The minimum Gasteiger partial charge on any atom is -0.457 e. The van der Waals surface area contributed by atoms with Crippen molar-refractivity contribution >= 4 is 11.9 Å². The third-order valence-electron chi connectivity index (χ3n) is 5.21. The minimum atomic E-state index is -0.580. The van der Waals surface area contributed by atoms with Gasteiger partial charge in [0.15, 0.2) is 6.61 Å². The first-order valence-electron chi connectivity index (χ1n) is 9.54. The minimum absolute atomic E-state index is 0.112. The quantitative estimate of drug-likeness (QED) is 0.775. The maximum absolute atomic E-state index is 12.9. The number of amides is 1.